The molecule has 5 nitrogen and oxygen atoms in total. The van der Waals surface area contributed by atoms with E-state index in [1.165, 1.54) is 32.1 Å². The average molecular weight is 485 g/mol. The summed E-state index contributed by atoms with van der Waals surface area (Å²) < 4.78 is 26.0. The van der Waals surface area contributed by atoms with Gasteiger partial charge in [0.15, 0.2) is 0 Å². The van der Waals surface area contributed by atoms with Gasteiger partial charge in [-0.1, -0.05) is 62.4 Å². The molecule has 1 aromatic heterocycles. The summed E-state index contributed by atoms with van der Waals surface area (Å²) in [5.74, 6) is 0.599. The van der Waals surface area contributed by atoms with Crippen molar-refractivity contribution in [3.05, 3.63) is 65.6 Å². The van der Waals surface area contributed by atoms with Gasteiger partial charge >= 0.3 is 7.60 Å². The zero-order chi connectivity index (χ0) is 24.0. The van der Waals surface area contributed by atoms with Gasteiger partial charge in [-0.3, -0.25) is 9.55 Å². The van der Waals surface area contributed by atoms with Crippen LogP contribution in [0.3, 0.4) is 0 Å². The number of nitrogens with zero attached hydrogens (tertiary/aromatic N) is 1. The largest absolute Gasteiger partial charge is 0.325 e. The Morgan fingerprint density at radius 3 is 2.62 bits per heavy atom. The molecule has 3 N–H and O–H groups in total. The first-order chi connectivity index (χ1) is 16.4. The van der Waals surface area contributed by atoms with Crippen LogP contribution in [0.15, 0.2) is 48.7 Å². The Morgan fingerprint density at radius 2 is 1.85 bits per heavy atom. The predicted molar refractivity (Wildman–Crippen MR) is 135 cm³/mol. The van der Waals surface area contributed by atoms with Gasteiger partial charge in [0, 0.05) is 18.1 Å². The molecule has 1 saturated carbocycles. The summed E-state index contributed by atoms with van der Waals surface area (Å²) in [5.41, 5.74) is 4.45. The first kappa shape index (κ1) is 25.0. The van der Waals surface area contributed by atoms with Gasteiger partial charge in [0.25, 0.3) is 0 Å². The highest BCUT2D eigenvalue weighted by molar-refractivity contribution is 7.51. The maximum absolute atomic E-state index is 15.0. The lowest BCUT2D eigenvalue weighted by Crippen LogP contribution is -2.16. The number of aryl methyl sites for hydroxylation is 1. The minimum Gasteiger partial charge on any atom is -0.324 e. The Morgan fingerprint density at radius 1 is 1.06 bits per heavy atom. The van der Waals surface area contributed by atoms with Gasteiger partial charge in [-0.05, 0) is 66.1 Å². The molecule has 0 radical (unpaired) electrons. The summed E-state index contributed by atoms with van der Waals surface area (Å²) in [5, 5.41) is 4.20. The molecule has 1 aliphatic carbocycles. The number of fused-ring (bicyclic) bond motifs is 1. The van der Waals surface area contributed by atoms with E-state index in [0.717, 1.165) is 51.9 Å². The van der Waals surface area contributed by atoms with Gasteiger partial charge in [-0.2, -0.15) is 0 Å². The first-order valence-corrected chi connectivity index (χ1v) is 14.1. The van der Waals surface area contributed by atoms with Crippen molar-refractivity contribution in [2.75, 3.05) is 12.7 Å². The van der Waals surface area contributed by atoms with Gasteiger partial charge in [-0.25, -0.2) is 4.39 Å². The second kappa shape index (κ2) is 11.5. The summed E-state index contributed by atoms with van der Waals surface area (Å²) >= 11 is 0. The Labute approximate surface area is 201 Å². The highest BCUT2D eigenvalue weighted by atomic mass is 31.2. The molecule has 34 heavy (non-hydrogen) atoms. The van der Waals surface area contributed by atoms with E-state index in [4.69, 9.17) is 9.79 Å². The van der Waals surface area contributed by atoms with E-state index in [0.29, 0.717) is 19.5 Å². The van der Waals surface area contributed by atoms with Crippen LogP contribution in [0, 0.1) is 11.7 Å². The molecule has 4 rings (SSSR count). The zero-order valence-electron chi connectivity index (χ0n) is 19.5. The Kier molecular flexibility index (Phi) is 8.49. The zero-order valence-corrected chi connectivity index (χ0v) is 20.4. The van der Waals surface area contributed by atoms with Crippen LogP contribution in [0.4, 0.5) is 4.39 Å². The van der Waals surface area contributed by atoms with Crippen LogP contribution in [0.1, 0.15) is 56.1 Å². The van der Waals surface area contributed by atoms with Crippen molar-refractivity contribution in [1.29, 1.82) is 0 Å². The molecule has 1 aliphatic rings. The number of pyridine rings is 1. The Bertz CT molecular complexity index is 1160. The van der Waals surface area contributed by atoms with Crippen LogP contribution in [0.2, 0.25) is 0 Å². The maximum atomic E-state index is 15.0. The van der Waals surface area contributed by atoms with Gasteiger partial charge in [0.2, 0.25) is 0 Å². The third-order valence-electron chi connectivity index (χ3n) is 6.88. The highest BCUT2D eigenvalue weighted by Crippen LogP contribution is 2.35. The van der Waals surface area contributed by atoms with E-state index in [2.05, 4.69) is 10.3 Å². The minimum atomic E-state index is -3.96. The first-order valence-electron chi connectivity index (χ1n) is 12.3. The van der Waals surface area contributed by atoms with Crippen molar-refractivity contribution < 1.29 is 18.7 Å². The molecule has 7 heteroatoms. The number of aromatic nitrogens is 1. The molecule has 0 amide bonds. The molecule has 0 unspecified atom stereocenters. The number of hydrogen-bond donors (Lipinski definition) is 3. The molecule has 1 fully saturated rings. The quantitative estimate of drug-likeness (QED) is 0.235. The smallest absolute Gasteiger partial charge is 0.324 e. The summed E-state index contributed by atoms with van der Waals surface area (Å²) in [7, 11) is -3.96. The fourth-order valence-corrected chi connectivity index (χ4v) is 5.58. The number of benzene rings is 2. The van der Waals surface area contributed by atoms with Crippen molar-refractivity contribution in [2.24, 2.45) is 5.92 Å². The third kappa shape index (κ3) is 6.73. The fraction of sp³-hybridized carbons (Fsp3) is 0.444. The number of rotatable bonds is 10. The van der Waals surface area contributed by atoms with Crippen LogP contribution in [0.25, 0.3) is 22.0 Å². The predicted octanol–water partition coefficient (Wildman–Crippen LogP) is 6.21. The van der Waals surface area contributed by atoms with Gasteiger partial charge in [-0.15, -0.1) is 0 Å². The van der Waals surface area contributed by atoms with E-state index < -0.39 is 7.60 Å². The third-order valence-corrected chi connectivity index (χ3v) is 7.78. The normalized spacial score (nSPS) is 15.1. The van der Waals surface area contributed by atoms with Crippen molar-refractivity contribution in [1.82, 2.24) is 10.3 Å². The van der Waals surface area contributed by atoms with Gasteiger partial charge in [0.05, 0.1) is 11.7 Å². The van der Waals surface area contributed by atoms with Gasteiger partial charge < -0.3 is 15.1 Å². The van der Waals surface area contributed by atoms with Crippen molar-refractivity contribution in [3.8, 4) is 11.1 Å². The molecular weight excluding hydrogens is 450 g/mol. The monoisotopic (exact) mass is 484 g/mol. The highest BCUT2D eigenvalue weighted by Gasteiger charge is 2.16. The summed E-state index contributed by atoms with van der Waals surface area (Å²) in [6.07, 6.45) is 10.4. The minimum absolute atomic E-state index is 0.125. The number of halogens is 1. The number of nitrogens with one attached hydrogen (secondary N) is 1. The molecule has 1 heterocycles. The summed E-state index contributed by atoms with van der Waals surface area (Å²) in [6, 6.07) is 13.5. The van der Waals surface area contributed by atoms with E-state index >= 15 is 4.39 Å². The number of hydrogen-bond acceptors (Lipinski definition) is 3. The summed E-state index contributed by atoms with van der Waals surface area (Å²) in [6.45, 7) is 1.05. The molecule has 0 atom stereocenters. The summed E-state index contributed by atoms with van der Waals surface area (Å²) in [4.78, 5) is 22.5. The van der Waals surface area contributed by atoms with Crippen molar-refractivity contribution in [3.63, 3.8) is 0 Å². The van der Waals surface area contributed by atoms with Crippen LogP contribution in [0.5, 0.6) is 0 Å². The topological polar surface area (TPSA) is 82.5 Å². The van der Waals surface area contributed by atoms with E-state index in [1.54, 1.807) is 12.3 Å². The lowest BCUT2D eigenvalue weighted by molar-refractivity contribution is 0.338. The Hall–Kier alpha value is -2.11. The van der Waals surface area contributed by atoms with E-state index in [9.17, 15) is 4.57 Å². The molecule has 0 spiro atoms. The van der Waals surface area contributed by atoms with E-state index in [-0.39, 0.29) is 12.0 Å². The van der Waals surface area contributed by atoms with Crippen LogP contribution in [-0.2, 0) is 17.5 Å². The van der Waals surface area contributed by atoms with Crippen molar-refractivity contribution in [2.45, 2.75) is 57.9 Å². The lowest BCUT2D eigenvalue weighted by Gasteiger charge is -2.21. The lowest BCUT2D eigenvalue weighted by atomic mass is 9.85. The molecule has 0 aliphatic heterocycles. The average Bonchev–Trinajstić information content (AvgIpc) is 2.83. The molecule has 3 aromatic rings. The molecular formula is C27H34FN2O3P. The SMILES string of the molecule is O=P(O)(O)CCCNCc1ccc(-c2ccc(CCC3CCCCC3)c(F)c2)c2cccnc12. The maximum Gasteiger partial charge on any atom is 0.325 e. The van der Waals surface area contributed by atoms with Crippen LogP contribution >= 0.6 is 7.60 Å². The Balaban J connectivity index is 1.47. The van der Waals surface area contributed by atoms with Gasteiger partial charge in [0.1, 0.15) is 5.82 Å². The van der Waals surface area contributed by atoms with E-state index in [1.807, 2.05) is 36.4 Å². The van der Waals surface area contributed by atoms with Crippen LogP contribution < -0.4 is 5.32 Å². The second-order valence-electron chi connectivity index (χ2n) is 9.44. The van der Waals surface area contributed by atoms with Crippen molar-refractivity contribution >= 4 is 18.5 Å². The second-order valence-corrected chi connectivity index (χ2v) is 11.2. The van der Waals surface area contributed by atoms with Crippen LogP contribution in [-0.4, -0.2) is 27.5 Å². The molecule has 2 aromatic carbocycles. The standard InChI is InChI=1S/C27H34FN2O3P/c28-26-18-22(12-11-21(26)10-9-20-6-2-1-3-7-20)24-14-13-23(27-25(24)8-4-16-30-27)19-29-15-5-17-34(31,32)33/h4,8,11-14,16,18,20,29H,1-3,5-7,9-10,15,17,19H2,(H2,31,32,33). The molecule has 0 saturated heterocycles. The fourth-order valence-electron chi connectivity index (χ4n) is 5.01. The molecule has 0 bridgehead atoms. The molecule has 182 valence electrons.